The molecule has 0 bridgehead atoms. The van der Waals surface area contributed by atoms with Gasteiger partial charge in [-0.3, -0.25) is 0 Å². The average molecular weight is 281 g/mol. The standard InChI is InChI=1S/C15H17F2NS/c1-4-7-19-15-8-10(2)18(11(15)3)14-6-5-12(16)9-13(14)17/h5-6,8-9H,4,7H2,1-3H3. The summed E-state index contributed by atoms with van der Waals surface area (Å²) in [5, 5.41) is 0. The van der Waals surface area contributed by atoms with Crippen molar-refractivity contribution in [2.75, 3.05) is 5.75 Å². The summed E-state index contributed by atoms with van der Waals surface area (Å²) >= 11 is 1.77. The Hall–Kier alpha value is -1.29. The molecule has 0 amide bonds. The molecule has 0 fully saturated rings. The second-order valence-corrected chi connectivity index (χ2v) is 5.65. The molecule has 19 heavy (non-hydrogen) atoms. The first-order valence-electron chi connectivity index (χ1n) is 6.31. The van der Waals surface area contributed by atoms with Gasteiger partial charge in [-0.2, -0.15) is 0 Å². The molecule has 0 N–H and O–H groups in total. The molecule has 1 aromatic carbocycles. The van der Waals surface area contributed by atoms with E-state index in [1.165, 1.54) is 12.1 Å². The van der Waals surface area contributed by atoms with E-state index in [2.05, 4.69) is 13.0 Å². The van der Waals surface area contributed by atoms with Crippen molar-refractivity contribution >= 4 is 11.8 Å². The van der Waals surface area contributed by atoms with Crippen molar-refractivity contribution in [3.05, 3.63) is 47.3 Å². The molecule has 0 atom stereocenters. The Morgan fingerprint density at radius 3 is 2.53 bits per heavy atom. The van der Waals surface area contributed by atoms with Crippen molar-refractivity contribution in [3.63, 3.8) is 0 Å². The normalized spacial score (nSPS) is 11.0. The van der Waals surface area contributed by atoms with Crippen LogP contribution in [0.4, 0.5) is 8.78 Å². The van der Waals surface area contributed by atoms with Crippen LogP contribution in [0.15, 0.2) is 29.2 Å². The second kappa shape index (κ2) is 5.78. The molecule has 2 aromatic rings. The lowest BCUT2D eigenvalue weighted by atomic mass is 10.3. The molecular formula is C15H17F2NS. The van der Waals surface area contributed by atoms with Crippen LogP contribution in [0.5, 0.6) is 0 Å². The fourth-order valence-corrected chi connectivity index (χ4v) is 3.10. The van der Waals surface area contributed by atoms with E-state index in [0.717, 1.165) is 34.5 Å². The largest absolute Gasteiger partial charge is 0.315 e. The molecule has 0 saturated heterocycles. The summed E-state index contributed by atoms with van der Waals surface area (Å²) in [4.78, 5) is 1.16. The molecule has 0 aliphatic rings. The SMILES string of the molecule is CCCSc1cc(C)n(-c2ccc(F)cc2F)c1C. The van der Waals surface area contributed by atoms with Crippen molar-refractivity contribution in [2.24, 2.45) is 0 Å². The van der Waals surface area contributed by atoms with Gasteiger partial charge in [-0.1, -0.05) is 6.92 Å². The first-order valence-corrected chi connectivity index (χ1v) is 7.30. The highest BCUT2D eigenvalue weighted by atomic mass is 32.2. The fourth-order valence-electron chi connectivity index (χ4n) is 2.12. The molecule has 0 aliphatic carbocycles. The summed E-state index contributed by atoms with van der Waals surface area (Å²) in [6, 6.07) is 5.75. The van der Waals surface area contributed by atoms with Crippen molar-refractivity contribution < 1.29 is 8.78 Å². The van der Waals surface area contributed by atoms with Crippen molar-refractivity contribution in [1.29, 1.82) is 0 Å². The summed E-state index contributed by atoms with van der Waals surface area (Å²) in [5.74, 6) is -0.0472. The molecule has 0 radical (unpaired) electrons. The van der Waals surface area contributed by atoms with Gasteiger partial charge in [0.05, 0.1) is 5.69 Å². The van der Waals surface area contributed by atoms with Gasteiger partial charge in [0, 0.05) is 22.3 Å². The van der Waals surface area contributed by atoms with Gasteiger partial charge < -0.3 is 4.57 Å². The Kier molecular flexibility index (Phi) is 4.30. The lowest BCUT2D eigenvalue weighted by molar-refractivity contribution is 0.576. The Morgan fingerprint density at radius 2 is 1.89 bits per heavy atom. The van der Waals surface area contributed by atoms with Crippen LogP contribution < -0.4 is 0 Å². The highest BCUT2D eigenvalue weighted by Crippen LogP contribution is 2.30. The van der Waals surface area contributed by atoms with Crippen molar-refractivity contribution in [3.8, 4) is 5.69 Å². The summed E-state index contributed by atoms with van der Waals surface area (Å²) in [7, 11) is 0. The smallest absolute Gasteiger partial charge is 0.150 e. The first-order chi connectivity index (χ1) is 9.04. The topological polar surface area (TPSA) is 4.93 Å². The quantitative estimate of drug-likeness (QED) is 0.723. The minimum atomic E-state index is -0.552. The summed E-state index contributed by atoms with van der Waals surface area (Å²) in [5.41, 5.74) is 2.36. The molecule has 1 heterocycles. The Balaban J connectivity index is 2.47. The lowest BCUT2D eigenvalue weighted by Gasteiger charge is -2.11. The summed E-state index contributed by atoms with van der Waals surface area (Å²) in [6.45, 7) is 6.03. The third kappa shape index (κ3) is 2.84. The first kappa shape index (κ1) is 14.1. The highest BCUT2D eigenvalue weighted by molar-refractivity contribution is 7.99. The molecule has 1 nitrogen and oxygen atoms in total. The van der Waals surface area contributed by atoms with Gasteiger partial charge in [-0.15, -0.1) is 11.8 Å². The molecule has 2 rings (SSSR count). The van der Waals surface area contributed by atoms with Crippen LogP contribution in [0.2, 0.25) is 0 Å². The molecule has 0 unspecified atom stereocenters. The number of hydrogen-bond acceptors (Lipinski definition) is 1. The van der Waals surface area contributed by atoms with E-state index in [1.807, 2.05) is 18.4 Å². The van der Waals surface area contributed by atoms with Gasteiger partial charge in [-0.05, 0) is 44.2 Å². The average Bonchev–Trinajstić information content (AvgIpc) is 2.63. The van der Waals surface area contributed by atoms with Gasteiger partial charge >= 0.3 is 0 Å². The molecular weight excluding hydrogens is 264 g/mol. The van der Waals surface area contributed by atoms with Crippen LogP contribution in [-0.2, 0) is 0 Å². The van der Waals surface area contributed by atoms with Crippen LogP contribution in [0.1, 0.15) is 24.7 Å². The molecule has 0 saturated carbocycles. The van der Waals surface area contributed by atoms with Crippen LogP contribution in [0.25, 0.3) is 5.69 Å². The third-order valence-corrected chi connectivity index (χ3v) is 4.33. The van der Waals surface area contributed by atoms with E-state index in [9.17, 15) is 8.78 Å². The zero-order valence-corrected chi connectivity index (χ0v) is 12.2. The summed E-state index contributed by atoms with van der Waals surface area (Å²) < 4.78 is 28.7. The van der Waals surface area contributed by atoms with Crippen molar-refractivity contribution in [2.45, 2.75) is 32.1 Å². The zero-order valence-electron chi connectivity index (χ0n) is 11.3. The van der Waals surface area contributed by atoms with E-state index in [4.69, 9.17) is 0 Å². The summed E-state index contributed by atoms with van der Waals surface area (Å²) in [6.07, 6.45) is 1.10. The fraction of sp³-hybridized carbons (Fsp3) is 0.333. The van der Waals surface area contributed by atoms with Gasteiger partial charge in [0.2, 0.25) is 0 Å². The molecule has 102 valence electrons. The number of aromatic nitrogens is 1. The number of thioether (sulfide) groups is 1. The Bertz CT molecular complexity index is 590. The van der Waals surface area contributed by atoms with Crippen LogP contribution in [0.3, 0.4) is 0 Å². The minimum Gasteiger partial charge on any atom is -0.315 e. The Labute approximate surface area is 116 Å². The Morgan fingerprint density at radius 1 is 1.16 bits per heavy atom. The maximum atomic E-state index is 13.9. The maximum absolute atomic E-state index is 13.9. The number of rotatable bonds is 4. The van der Waals surface area contributed by atoms with Crippen molar-refractivity contribution in [1.82, 2.24) is 4.57 Å². The highest BCUT2D eigenvalue weighted by Gasteiger charge is 2.14. The maximum Gasteiger partial charge on any atom is 0.150 e. The van der Waals surface area contributed by atoms with E-state index in [-0.39, 0.29) is 0 Å². The lowest BCUT2D eigenvalue weighted by Crippen LogP contribution is -2.02. The predicted molar refractivity (Wildman–Crippen MR) is 76.2 cm³/mol. The van der Waals surface area contributed by atoms with Crippen LogP contribution in [-0.4, -0.2) is 10.3 Å². The number of halogens is 2. The van der Waals surface area contributed by atoms with Gasteiger partial charge in [0.1, 0.15) is 11.6 Å². The molecule has 1 aromatic heterocycles. The van der Waals surface area contributed by atoms with Gasteiger partial charge in [0.25, 0.3) is 0 Å². The van der Waals surface area contributed by atoms with E-state index >= 15 is 0 Å². The molecule has 0 aliphatic heterocycles. The van der Waals surface area contributed by atoms with E-state index < -0.39 is 11.6 Å². The second-order valence-electron chi connectivity index (χ2n) is 4.51. The predicted octanol–water partition coefficient (Wildman–Crippen LogP) is 4.87. The van der Waals surface area contributed by atoms with E-state index in [0.29, 0.717) is 5.69 Å². The van der Waals surface area contributed by atoms with E-state index in [1.54, 1.807) is 11.8 Å². The number of benzene rings is 1. The zero-order chi connectivity index (χ0) is 14.0. The molecule has 0 spiro atoms. The minimum absolute atomic E-state index is 0.403. The van der Waals surface area contributed by atoms with Crippen LogP contribution in [0, 0.1) is 25.5 Å². The van der Waals surface area contributed by atoms with Gasteiger partial charge in [0.15, 0.2) is 0 Å². The number of nitrogens with zero attached hydrogens (tertiary/aromatic N) is 1. The van der Waals surface area contributed by atoms with Crippen LogP contribution >= 0.6 is 11.8 Å². The number of hydrogen-bond donors (Lipinski definition) is 0. The monoisotopic (exact) mass is 281 g/mol. The number of aryl methyl sites for hydroxylation is 1. The molecule has 4 heteroatoms. The van der Waals surface area contributed by atoms with Gasteiger partial charge in [-0.25, -0.2) is 8.78 Å². The third-order valence-electron chi connectivity index (χ3n) is 3.00.